The molecule has 6 heteroatoms. The maximum atomic E-state index is 4.65. The van der Waals surface area contributed by atoms with E-state index in [4.69, 9.17) is 0 Å². The van der Waals surface area contributed by atoms with E-state index in [9.17, 15) is 0 Å². The zero-order valence-electron chi connectivity index (χ0n) is 13.5. The van der Waals surface area contributed by atoms with Crippen LogP contribution in [0.2, 0.25) is 0 Å². The van der Waals surface area contributed by atoms with Crippen molar-refractivity contribution in [1.82, 2.24) is 24.4 Å². The molecule has 3 rings (SSSR count). The van der Waals surface area contributed by atoms with Gasteiger partial charge in [0.15, 0.2) is 5.65 Å². The Balaban J connectivity index is 2.01. The summed E-state index contributed by atoms with van der Waals surface area (Å²) in [7, 11) is 1.97. The van der Waals surface area contributed by atoms with E-state index in [1.54, 1.807) is 6.20 Å². The molecule has 0 aliphatic heterocycles. The Bertz CT molecular complexity index is 770. The first-order valence-corrected chi connectivity index (χ1v) is 7.69. The minimum atomic E-state index is 0.183. The van der Waals surface area contributed by atoms with Crippen LogP contribution >= 0.6 is 0 Å². The van der Waals surface area contributed by atoms with Crippen LogP contribution in [0.25, 0.3) is 5.65 Å². The second-order valence-electron chi connectivity index (χ2n) is 5.81. The lowest BCUT2D eigenvalue weighted by Gasteiger charge is -2.20. The van der Waals surface area contributed by atoms with E-state index >= 15 is 0 Å². The van der Waals surface area contributed by atoms with Crippen LogP contribution in [0.1, 0.15) is 50.5 Å². The first kappa shape index (κ1) is 14.6. The first-order valence-electron chi connectivity index (χ1n) is 7.69. The summed E-state index contributed by atoms with van der Waals surface area (Å²) in [4.78, 5) is 4.65. The molecule has 0 aliphatic carbocycles. The van der Waals surface area contributed by atoms with Crippen LogP contribution in [0.4, 0.5) is 5.82 Å². The number of nitrogens with one attached hydrogen (secondary N) is 1. The highest BCUT2D eigenvalue weighted by Gasteiger charge is 2.16. The summed E-state index contributed by atoms with van der Waals surface area (Å²) in [5, 5.41) is 12.2. The molecular formula is C16H22N6. The van der Waals surface area contributed by atoms with Crippen LogP contribution in [-0.4, -0.2) is 24.4 Å². The van der Waals surface area contributed by atoms with Gasteiger partial charge in [0.2, 0.25) is 0 Å². The molecule has 0 aromatic carbocycles. The number of aryl methyl sites for hydroxylation is 1. The van der Waals surface area contributed by atoms with E-state index in [0.29, 0.717) is 5.92 Å². The van der Waals surface area contributed by atoms with Gasteiger partial charge in [0, 0.05) is 31.1 Å². The van der Waals surface area contributed by atoms with Crippen molar-refractivity contribution in [3.63, 3.8) is 0 Å². The summed E-state index contributed by atoms with van der Waals surface area (Å²) >= 11 is 0. The monoisotopic (exact) mass is 298 g/mol. The van der Waals surface area contributed by atoms with Crippen LogP contribution in [0, 0.1) is 0 Å². The van der Waals surface area contributed by atoms with Crippen molar-refractivity contribution >= 4 is 11.5 Å². The maximum absolute atomic E-state index is 4.65. The lowest BCUT2D eigenvalue weighted by atomic mass is 10.1. The van der Waals surface area contributed by atoms with E-state index in [1.165, 1.54) is 0 Å². The minimum Gasteiger partial charge on any atom is -0.362 e. The second-order valence-corrected chi connectivity index (χ2v) is 5.81. The molecule has 22 heavy (non-hydrogen) atoms. The fourth-order valence-electron chi connectivity index (χ4n) is 2.62. The highest BCUT2D eigenvalue weighted by atomic mass is 15.3. The molecule has 1 atom stereocenters. The van der Waals surface area contributed by atoms with Gasteiger partial charge in [0.05, 0.1) is 17.9 Å². The van der Waals surface area contributed by atoms with Gasteiger partial charge in [0.25, 0.3) is 0 Å². The smallest absolute Gasteiger partial charge is 0.157 e. The number of fused-ring (bicyclic) bond motifs is 1. The van der Waals surface area contributed by atoms with E-state index in [1.807, 2.05) is 34.6 Å². The third-order valence-corrected chi connectivity index (χ3v) is 3.92. The molecule has 0 bridgehead atoms. The summed E-state index contributed by atoms with van der Waals surface area (Å²) in [5.74, 6) is 1.34. The van der Waals surface area contributed by atoms with E-state index in [0.717, 1.165) is 29.3 Å². The van der Waals surface area contributed by atoms with Crippen molar-refractivity contribution in [3.05, 3.63) is 42.0 Å². The number of hydrogen-bond acceptors (Lipinski definition) is 4. The van der Waals surface area contributed by atoms with Crippen LogP contribution in [0.15, 0.2) is 30.6 Å². The van der Waals surface area contributed by atoms with Gasteiger partial charge in [0.1, 0.15) is 5.82 Å². The molecule has 3 aromatic heterocycles. The Labute approximate surface area is 130 Å². The third-order valence-electron chi connectivity index (χ3n) is 3.92. The Morgan fingerprint density at radius 3 is 2.59 bits per heavy atom. The lowest BCUT2D eigenvalue weighted by molar-refractivity contribution is 0.629. The third kappa shape index (κ3) is 2.56. The number of anilines is 1. The van der Waals surface area contributed by atoms with E-state index in [2.05, 4.69) is 47.3 Å². The van der Waals surface area contributed by atoms with Gasteiger partial charge in [-0.3, -0.25) is 4.68 Å². The molecule has 1 unspecified atom stereocenters. The molecular weight excluding hydrogens is 276 g/mol. The molecule has 0 fully saturated rings. The number of aromatic nitrogens is 5. The van der Waals surface area contributed by atoms with Crippen LogP contribution in [0.5, 0.6) is 0 Å². The Kier molecular flexibility index (Phi) is 3.83. The quantitative estimate of drug-likeness (QED) is 0.786. The summed E-state index contributed by atoms with van der Waals surface area (Å²) in [5.41, 5.74) is 3.09. The van der Waals surface area contributed by atoms with Crippen molar-refractivity contribution in [3.8, 4) is 0 Å². The molecule has 6 nitrogen and oxygen atoms in total. The molecule has 0 saturated carbocycles. The van der Waals surface area contributed by atoms with Gasteiger partial charge in [-0.05, 0) is 18.4 Å². The average molecular weight is 298 g/mol. The molecule has 0 aliphatic rings. The van der Waals surface area contributed by atoms with Crippen molar-refractivity contribution in [2.45, 2.75) is 39.2 Å². The number of rotatable bonds is 5. The van der Waals surface area contributed by atoms with E-state index < -0.39 is 0 Å². The maximum Gasteiger partial charge on any atom is 0.157 e. The standard InChI is InChI=1S/C16H22N6/c1-5-12(14-6-8-17-21(14)4)19-16-10-13(11(2)3)20-15-7-9-18-22(15)16/h6-12,19H,5H2,1-4H3. The molecule has 3 aromatic rings. The highest BCUT2D eigenvalue weighted by Crippen LogP contribution is 2.24. The molecule has 1 N–H and O–H groups in total. The summed E-state index contributed by atoms with van der Waals surface area (Å²) in [6.45, 7) is 6.46. The molecule has 0 spiro atoms. The zero-order chi connectivity index (χ0) is 15.7. The SMILES string of the molecule is CCC(Nc1cc(C(C)C)nc2ccnn12)c1ccnn1C. The minimum absolute atomic E-state index is 0.183. The average Bonchev–Trinajstić information content (AvgIpc) is 3.13. The molecule has 0 amide bonds. The van der Waals surface area contributed by atoms with Gasteiger partial charge in [-0.2, -0.15) is 14.7 Å². The van der Waals surface area contributed by atoms with Gasteiger partial charge in [-0.15, -0.1) is 0 Å². The molecule has 116 valence electrons. The molecule has 0 radical (unpaired) electrons. The summed E-state index contributed by atoms with van der Waals surface area (Å²) in [6, 6.07) is 6.25. The number of hydrogen-bond donors (Lipinski definition) is 1. The Morgan fingerprint density at radius 2 is 1.95 bits per heavy atom. The van der Waals surface area contributed by atoms with Gasteiger partial charge >= 0.3 is 0 Å². The molecule has 3 heterocycles. The van der Waals surface area contributed by atoms with Gasteiger partial charge in [-0.25, -0.2) is 4.98 Å². The van der Waals surface area contributed by atoms with Crippen LogP contribution in [0.3, 0.4) is 0 Å². The van der Waals surface area contributed by atoms with Crippen molar-refractivity contribution < 1.29 is 0 Å². The number of nitrogens with zero attached hydrogens (tertiary/aromatic N) is 5. The fraction of sp³-hybridized carbons (Fsp3) is 0.438. The first-order chi connectivity index (χ1) is 10.6. The van der Waals surface area contributed by atoms with Crippen LogP contribution in [-0.2, 0) is 7.05 Å². The Morgan fingerprint density at radius 1 is 1.18 bits per heavy atom. The predicted octanol–water partition coefficient (Wildman–Crippen LogP) is 3.15. The fourth-order valence-corrected chi connectivity index (χ4v) is 2.62. The normalized spacial score (nSPS) is 13.0. The summed E-state index contributed by atoms with van der Waals surface area (Å²) in [6.07, 6.45) is 4.57. The van der Waals surface area contributed by atoms with Gasteiger partial charge in [-0.1, -0.05) is 20.8 Å². The lowest BCUT2D eigenvalue weighted by Crippen LogP contribution is -2.16. The second kappa shape index (κ2) is 5.79. The van der Waals surface area contributed by atoms with Crippen molar-refractivity contribution in [2.24, 2.45) is 7.05 Å². The van der Waals surface area contributed by atoms with Crippen molar-refractivity contribution in [2.75, 3.05) is 5.32 Å². The largest absolute Gasteiger partial charge is 0.362 e. The topological polar surface area (TPSA) is 60.0 Å². The molecule has 0 saturated heterocycles. The zero-order valence-corrected chi connectivity index (χ0v) is 13.5. The summed E-state index contributed by atoms with van der Waals surface area (Å²) < 4.78 is 3.76. The Hall–Kier alpha value is -2.37. The highest BCUT2D eigenvalue weighted by molar-refractivity contribution is 5.50. The van der Waals surface area contributed by atoms with E-state index in [-0.39, 0.29) is 6.04 Å². The van der Waals surface area contributed by atoms with Crippen LogP contribution < -0.4 is 5.32 Å². The van der Waals surface area contributed by atoms with Crippen molar-refractivity contribution in [1.29, 1.82) is 0 Å². The predicted molar refractivity (Wildman–Crippen MR) is 86.9 cm³/mol. The van der Waals surface area contributed by atoms with Gasteiger partial charge < -0.3 is 5.32 Å².